The van der Waals surface area contributed by atoms with Gasteiger partial charge in [-0.25, -0.2) is 8.78 Å². The van der Waals surface area contributed by atoms with E-state index in [-0.39, 0.29) is 21.6 Å². The first-order chi connectivity index (χ1) is 16.3. The van der Waals surface area contributed by atoms with Crippen LogP contribution in [0.1, 0.15) is 31.2 Å². The molecule has 1 aliphatic rings. The van der Waals surface area contributed by atoms with Crippen LogP contribution >= 0.6 is 35.0 Å². The SMILES string of the molecule is CCCn1cc(-n2c(Cl)c(Sc3ccc(C4CC4C(=O)O)c(F)c3)c3ccc(Cl)c(F)c32)cn1. The van der Waals surface area contributed by atoms with Crippen LogP contribution in [0.25, 0.3) is 16.6 Å². The first-order valence-corrected chi connectivity index (χ1v) is 12.3. The molecule has 10 heteroatoms. The minimum Gasteiger partial charge on any atom is -0.481 e. The maximum atomic E-state index is 15.2. The summed E-state index contributed by atoms with van der Waals surface area (Å²) in [4.78, 5) is 12.3. The Hall–Kier alpha value is -2.55. The second-order valence-electron chi connectivity index (χ2n) is 8.25. The number of carbonyl (C=O) groups is 1. The lowest BCUT2D eigenvalue weighted by Crippen LogP contribution is -2.00. The molecule has 1 aliphatic carbocycles. The van der Waals surface area contributed by atoms with Gasteiger partial charge in [0.1, 0.15) is 11.0 Å². The molecular weight excluding hydrogens is 503 g/mol. The van der Waals surface area contributed by atoms with E-state index in [1.807, 2.05) is 6.92 Å². The van der Waals surface area contributed by atoms with Gasteiger partial charge < -0.3 is 5.11 Å². The fourth-order valence-electron chi connectivity index (χ4n) is 4.21. The molecule has 5 rings (SSSR count). The van der Waals surface area contributed by atoms with Crippen molar-refractivity contribution in [1.82, 2.24) is 14.3 Å². The molecule has 2 aromatic carbocycles. The molecule has 2 aromatic heterocycles. The van der Waals surface area contributed by atoms with Gasteiger partial charge in [0.2, 0.25) is 0 Å². The number of halogens is 4. The topological polar surface area (TPSA) is 60.0 Å². The van der Waals surface area contributed by atoms with E-state index in [2.05, 4.69) is 5.10 Å². The van der Waals surface area contributed by atoms with Gasteiger partial charge in [-0.15, -0.1) is 0 Å². The smallest absolute Gasteiger partial charge is 0.307 e. The molecule has 2 heterocycles. The van der Waals surface area contributed by atoms with Gasteiger partial charge in [0.05, 0.1) is 33.2 Å². The van der Waals surface area contributed by atoms with Crippen LogP contribution in [0.3, 0.4) is 0 Å². The van der Waals surface area contributed by atoms with Gasteiger partial charge in [-0.1, -0.05) is 48.0 Å². The molecule has 2 atom stereocenters. The van der Waals surface area contributed by atoms with Crippen molar-refractivity contribution in [3.8, 4) is 5.69 Å². The van der Waals surface area contributed by atoms with Gasteiger partial charge in [-0.3, -0.25) is 14.0 Å². The summed E-state index contributed by atoms with van der Waals surface area (Å²) in [6.07, 6.45) is 4.72. The highest BCUT2D eigenvalue weighted by molar-refractivity contribution is 7.99. The summed E-state index contributed by atoms with van der Waals surface area (Å²) in [5.74, 6) is -2.83. The number of nitrogens with zero attached hydrogens (tertiary/aromatic N) is 3. The molecule has 0 radical (unpaired) electrons. The van der Waals surface area contributed by atoms with Crippen molar-refractivity contribution >= 4 is 51.8 Å². The van der Waals surface area contributed by atoms with Crippen LogP contribution < -0.4 is 0 Å². The lowest BCUT2D eigenvalue weighted by atomic mass is 10.1. The van der Waals surface area contributed by atoms with Crippen LogP contribution in [0.4, 0.5) is 8.78 Å². The number of fused-ring (bicyclic) bond motifs is 1. The van der Waals surface area contributed by atoms with E-state index in [1.54, 1.807) is 39.8 Å². The lowest BCUT2D eigenvalue weighted by molar-refractivity contribution is -0.138. The Morgan fingerprint density at radius 1 is 1.26 bits per heavy atom. The highest BCUT2D eigenvalue weighted by Crippen LogP contribution is 2.49. The molecule has 0 amide bonds. The monoisotopic (exact) mass is 521 g/mol. The first-order valence-electron chi connectivity index (χ1n) is 10.7. The number of hydrogen-bond donors (Lipinski definition) is 1. The number of benzene rings is 2. The normalized spacial score (nSPS) is 17.4. The van der Waals surface area contributed by atoms with Gasteiger partial charge in [0.15, 0.2) is 5.82 Å². The Bertz CT molecular complexity index is 1440. The van der Waals surface area contributed by atoms with Crippen LogP contribution in [-0.2, 0) is 11.3 Å². The Kier molecular flexibility index (Phi) is 6.08. The first kappa shape index (κ1) is 23.2. The van der Waals surface area contributed by atoms with Gasteiger partial charge >= 0.3 is 5.97 Å². The molecule has 1 saturated carbocycles. The number of carboxylic acids is 1. The predicted molar refractivity (Wildman–Crippen MR) is 128 cm³/mol. The van der Waals surface area contributed by atoms with Crippen LogP contribution in [-0.4, -0.2) is 25.4 Å². The second-order valence-corrected chi connectivity index (χ2v) is 10.1. The van der Waals surface area contributed by atoms with E-state index in [0.717, 1.165) is 6.42 Å². The molecule has 0 bridgehead atoms. The molecule has 0 saturated heterocycles. The van der Waals surface area contributed by atoms with Crippen molar-refractivity contribution in [2.24, 2.45) is 5.92 Å². The summed E-state index contributed by atoms with van der Waals surface area (Å²) in [5.41, 5.74) is 1.20. The number of carboxylic acid groups (broad SMARTS) is 1. The number of rotatable bonds is 7. The highest BCUT2D eigenvalue weighted by atomic mass is 35.5. The Balaban J connectivity index is 1.57. The number of hydrogen-bond acceptors (Lipinski definition) is 3. The number of aryl methyl sites for hydroxylation is 1. The van der Waals surface area contributed by atoms with Crippen LogP contribution in [0.2, 0.25) is 10.2 Å². The summed E-state index contributed by atoms with van der Waals surface area (Å²) >= 11 is 14.1. The van der Waals surface area contributed by atoms with Crippen LogP contribution in [0.5, 0.6) is 0 Å². The standard InChI is InChI=1S/C24H19Cl2F2N3O2S/c1-2-7-30-11-12(10-29-30)31-21-15(5-6-18(25)20(21)28)22(23(31)26)34-13-3-4-14(19(27)8-13)16-9-17(16)24(32)33/h3-6,8,10-11,16-17H,2,7,9H2,1H3,(H,32,33). The van der Waals surface area contributed by atoms with Gasteiger partial charge in [0.25, 0.3) is 0 Å². The fourth-order valence-corrected chi connectivity index (χ4v) is 5.75. The zero-order chi connectivity index (χ0) is 24.1. The molecule has 0 spiro atoms. The third-order valence-electron chi connectivity index (χ3n) is 5.95. The van der Waals surface area contributed by atoms with E-state index < -0.39 is 23.5 Å². The van der Waals surface area contributed by atoms with Crippen molar-refractivity contribution in [2.75, 3.05) is 0 Å². The van der Waals surface area contributed by atoms with E-state index >= 15 is 4.39 Å². The third-order valence-corrected chi connectivity index (χ3v) is 7.82. The fraction of sp³-hybridized carbons (Fsp3) is 0.250. The Morgan fingerprint density at radius 2 is 2.06 bits per heavy atom. The molecule has 34 heavy (non-hydrogen) atoms. The largest absolute Gasteiger partial charge is 0.481 e. The van der Waals surface area contributed by atoms with Crippen molar-refractivity contribution < 1.29 is 18.7 Å². The minimum absolute atomic E-state index is 0.0340. The maximum Gasteiger partial charge on any atom is 0.307 e. The van der Waals surface area contributed by atoms with E-state index in [1.165, 1.54) is 23.9 Å². The van der Waals surface area contributed by atoms with Crippen LogP contribution in [0, 0.1) is 17.6 Å². The number of aliphatic carboxylic acids is 1. The quantitative estimate of drug-likeness (QED) is 0.280. The molecule has 1 N–H and O–H groups in total. The van der Waals surface area contributed by atoms with E-state index in [4.69, 9.17) is 28.3 Å². The maximum absolute atomic E-state index is 15.2. The molecule has 5 nitrogen and oxygen atoms in total. The third kappa shape index (κ3) is 3.97. The summed E-state index contributed by atoms with van der Waals surface area (Å²) in [7, 11) is 0. The Morgan fingerprint density at radius 3 is 2.74 bits per heavy atom. The zero-order valence-electron chi connectivity index (χ0n) is 17.9. The summed E-state index contributed by atoms with van der Waals surface area (Å²) in [5, 5.41) is 14.2. The zero-order valence-corrected chi connectivity index (χ0v) is 20.3. The summed E-state index contributed by atoms with van der Waals surface area (Å²) in [6.45, 7) is 2.74. The van der Waals surface area contributed by atoms with E-state index in [0.29, 0.717) is 39.4 Å². The lowest BCUT2D eigenvalue weighted by Gasteiger charge is -2.06. The molecular formula is C24H19Cl2F2N3O2S. The Labute approximate surface area is 208 Å². The average molecular weight is 522 g/mol. The summed E-state index contributed by atoms with van der Waals surface area (Å²) in [6, 6.07) is 7.86. The van der Waals surface area contributed by atoms with Gasteiger partial charge in [-0.05, 0) is 42.7 Å². The van der Waals surface area contributed by atoms with Crippen molar-refractivity contribution in [2.45, 2.75) is 42.0 Å². The van der Waals surface area contributed by atoms with Crippen molar-refractivity contribution in [3.63, 3.8) is 0 Å². The molecule has 0 aliphatic heterocycles. The van der Waals surface area contributed by atoms with Crippen LogP contribution in [0.15, 0.2) is 52.5 Å². The molecule has 176 valence electrons. The van der Waals surface area contributed by atoms with Crippen molar-refractivity contribution in [3.05, 3.63) is 70.1 Å². The molecule has 4 aromatic rings. The van der Waals surface area contributed by atoms with Crippen molar-refractivity contribution in [1.29, 1.82) is 0 Å². The van der Waals surface area contributed by atoms with Gasteiger partial charge in [-0.2, -0.15) is 5.10 Å². The van der Waals surface area contributed by atoms with Gasteiger partial charge in [0, 0.05) is 28.9 Å². The molecule has 1 fully saturated rings. The molecule has 2 unspecified atom stereocenters. The predicted octanol–water partition coefficient (Wildman–Crippen LogP) is 7.16. The average Bonchev–Trinajstić information content (AvgIpc) is 3.39. The highest BCUT2D eigenvalue weighted by Gasteiger charge is 2.45. The summed E-state index contributed by atoms with van der Waals surface area (Å²) < 4.78 is 33.3. The second kappa shape index (κ2) is 8.91. The number of aromatic nitrogens is 3. The van der Waals surface area contributed by atoms with E-state index in [9.17, 15) is 9.18 Å². The minimum atomic E-state index is -0.912.